The van der Waals surface area contributed by atoms with Gasteiger partial charge in [0.2, 0.25) is 11.8 Å². The lowest BCUT2D eigenvalue weighted by atomic mass is 9.92. The molecule has 2 amide bonds. The molecule has 0 aromatic carbocycles. The maximum Gasteiger partial charge on any atom is 0.237 e. The highest BCUT2D eigenvalue weighted by Gasteiger charge is 2.39. The number of hydrogen-bond acceptors (Lipinski definition) is 5. The molecule has 1 atom stereocenters. The zero-order valence-corrected chi connectivity index (χ0v) is 16.5. The van der Waals surface area contributed by atoms with Gasteiger partial charge in [0.25, 0.3) is 0 Å². The van der Waals surface area contributed by atoms with Crippen molar-refractivity contribution >= 4 is 21.7 Å². The zero-order valence-electron chi connectivity index (χ0n) is 15.7. The number of nitrogens with zero attached hydrogens (tertiary/aromatic N) is 3. The Morgan fingerprint density at radius 2 is 1.62 bits per heavy atom. The summed E-state index contributed by atoms with van der Waals surface area (Å²) in [6.45, 7) is 4.62. The molecule has 3 aliphatic rings. The van der Waals surface area contributed by atoms with Crippen LogP contribution < -0.4 is 0 Å². The number of rotatable bonds is 4. The third kappa shape index (κ3) is 4.76. The Hall–Kier alpha value is -1.15. The molecule has 148 valence electrons. The molecular formula is C18H31N3O4S. The fourth-order valence-corrected chi connectivity index (χ4v) is 6.26. The summed E-state index contributed by atoms with van der Waals surface area (Å²) in [7, 11) is -3.01. The Morgan fingerprint density at radius 1 is 0.962 bits per heavy atom. The monoisotopic (exact) mass is 385 g/mol. The van der Waals surface area contributed by atoms with E-state index in [9.17, 15) is 18.0 Å². The van der Waals surface area contributed by atoms with Gasteiger partial charge in [-0.3, -0.25) is 14.5 Å². The van der Waals surface area contributed by atoms with Crippen molar-refractivity contribution in [3.8, 4) is 0 Å². The van der Waals surface area contributed by atoms with Gasteiger partial charge in [-0.1, -0.05) is 19.3 Å². The quantitative estimate of drug-likeness (QED) is 0.704. The second-order valence-corrected chi connectivity index (χ2v) is 10.2. The fraction of sp³-hybridized carbons (Fsp3) is 0.889. The van der Waals surface area contributed by atoms with Gasteiger partial charge in [-0.05, 0) is 19.3 Å². The molecule has 0 bridgehead atoms. The molecule has 1 saturated carbocycles. The van der Waals surface area contributed by atoms with Crippen LogP contribution in [0.2, 0.25) is 0 Å². The zero-order chi connectivity index (χ0) is 18.7. The lowest BCUT2D eigenvalue weighted by Gasteiger charge is -2.40. The summed E-state index contributed by atoms with van der Waals surface area (Å²) in [4.78, 5) is 30.4. The maximum absolute atomic E-state index is 13.1. The van der Waals surface area contributed by atoms with Crippen molar-refractivity contribution in [3.63, 3.8) is 0 Å². The summed E-state index contributed by atoms with van der Waals surface area (Å²) in [6.07, 6.45) is 5.98. The first-order valence-corrected chi connectivity index (χ1v) is 11.7. The lowest BCUT2D eigenvalue weighted by molar-refractivity contribution is -0.138. The Morgan fingerprint density at radius 3 is 2.15 bits per heavy atom. The van der Waals surface area contributed by atoms with Crippen LogP contribution in [0, 0.1) is 0 Å². The Bertz CT molecular complexity index is 622. The number of carbonyl (C=O) groups excluding carboxylic acids is 2. The van der Waals surface area contributed by atoms with Gasteiger partial charge >= 0.3 is 0 Å². The van der Waals surface area contributed by atoms with Gasteiger partial charge in [0.05, 0.1) is 18.1 Å². The first-order valence-electron chi connectivity index (χ1n) is 9.85. The largest absolute Gasteiger partial charge is 0.340 e. The van der Waals surface area contributed by atoms with Crippen molar-refractivity contribution in [2.75, 3.05) is 44.2 Å². The summed E-state index contributed by atoms with van der Waals surface area (Å²) in [5.41, 5.74) is 0. The second-order valence-electron chi connectivity index (χ2n) is 7.93. The van der Waals surface area contributed by atoms with E-state index in [2.05, 4.69) is 4.90 Å². The van der Waals surface area contributed by atoms with Crippen molar-refractivity contribution in [2.24, 2.45) is 0 Å². The van der Waals surface area contributed by atoms with E-state index >= 15 is 0 Å². The molecule has 26 heavy (non-hydrogen) atoms. The normalized spacial score (nSPS) is 27.4. The molecule has 8 heteroatoms. The number of amides is 2. The molecule has 2 aliphatic heterocycles. The van der Waals surface area contributed by atoms with E-state index in [-0.39, 0.29) is 35.4 Å². The van der Waals surface area contributed by atoms with Gasteiger partial charge in [-0.15, -0.1) is 0 Å². The third-order valence-electron chi connectivity index (χ3n) is 6.03. The van der Waals surface area contributed by atoms with Gasteiger partial charge in [0.15, 0.2) is 9.84 Å². The van der Waals surface area contributed by atoms with Crippen molar-refractivity contribution in [1.82, 2.24) is 14.7 Å². The van der Waals surface area contributed by atoms with Gasteiger partial charge in [0, 0.05) is 45.2 Å². The summed E-state index contributed by atoms with van der Waals surface area (Å²) in [5.74, 6) is 0.463. The van der Waals surface area contributed by atoms with Crippen molar-refractivity contribution < 1.29 is 18.0 Å². The fourth-order valence-electron chi connectivity index (χ4n) is 4.55. The SMILES string of the molecule is CC(=O)N1CCN(CC(=O)N(C2CCCCC2)C2CCS(=O)(=O)C2)CC1. The number of hydrogen-bond donors (Lipinski definition) is 0. The van der Waals surface area contributed by atoms with E-state index in [4.69, 9.17) is 0 Å². The maximum atomic E-state index is 13.1. The number of sulfone groups is 1. The lowest BCUT2D eigenvalue weighted by Crippen LogP contribution is -2.55. The molecular weight excluding hydrogens is 354 g/mol. The highest BCUT2D eigenvalue weighted by molar-refractivity contribution is 7.91. The van der Waals surface area contributed by atoms with Crippen molar-refractivity contribution in [3.05, 3.63) is 0 Å². The highest BCUT2D eigenvalue weighted by Crippen LogP contribution is 2.28. The smallest absolute Gasteiger partial charge is 0.237 e. The molecule has 2 saturated heterocycles. The number of piperazine rings is 1. The van der Waals surface area contributed by atoms with E-state index in [1.54, 1.807) is 6.92 Å². The van der Waals surface area contributed by atoms with Crippen LogP contribution in [-0.2, 0) is 19.4 Å². The van der Waals surface area contributed by atoms with Gasteiger partial charge < -0.3 is 9.80 Å². The molecule has 0 N–H and O–H groups in total. The van der Waals surface area contributed by atoms with Crippen LogP contribution in [-0.4, -0.2) is 91.2 Å². The second kappa shape index (κ2) is 8.25. The molecule has 1 unspecified atom stereocenters. The topological polar surface area (TPSA) is 78.0 Å². The van der Waals surface area contributed by atoms with Gasteiger partial charge in [-0.2, -0.15) is 0 Å². The standard InChI is InChI=1S/C18H31N3O4S/c1-15(22)20-10-8-19(9-11-20)13-18(23)21(16-5-3-2-4-6-16)17-7-12-26(24,25)14-17/h16-17H,2-14H2,1H3. The van der Waals surface area contributed by atoms with Crippen LogP contribution in [0.1, 0.15) is 45.4 Å². The molecule has 3 fully saturated rings. The van der Waals surface area contributed by atoms with E-state index in [1.165, 1.54) is 6.42 Å². The van der Waals surface area contributed by atoms with Crippen LogP contribution in [0.5, 0.6) is 0 Å². The molecule has 2 heterocycles. The Kier molecular flexibility index (Phi) is 6.22. The van der Waals surface area contributed by atoms with Crippen LogP contribution in [0.3, 0.4) is 0 Å². The van der Waals surface area contributed by atoms with Crippen LogP contribution >= 0.6 is 0 Å². The van der Waals surface area contributed by atoms with E-state index in [0.29, 0.717) is 39.1 Å². The summed E-state index contributed by atoms with van der Waals surface area (Å²) >= 11 is 0. The Labute approximate surface area is 156 Å². The average molecular weight is 386 g/mol. The van der Waals surface area contributed by atoms with E-state index < -0.39 is 9.84 Å². The minimum atomic E-state index is -3.01. The van der Waals surface area contributed by atoms with Gasteiger partial charge in [-0.25, -0.2) is 8.42 Å². The van der Waals surface area contributed by atoms with Crippen molar-refractivity contribution in [2.45, 2.75) is 57.5 Å². The van der Waals surface area contributed by atoms with Crippen LogP contribution in [0.15, 0.2) is 0 Å². The Balaban J connectivity index is 1.64. The molecule has 7 nitrogen and oxygen atoms in total. The summed E-state index contributed by atoms with van der Waals surface area (Å²) < 4.78 is 23.9. The van der Waals surface area contributed by atoms with E-state index in [0.717, 1.165) is 25.7 Å². The van der Waals surface area contributed by atoms with Gasteiger partial charge in [0.1, 0.15) is 0 Å². The highest BCUT2D eigenvalue weighted by atomic mass is 32.2. The predicted molar refractivity (Wildman–Crippen MR) is 99.5 cm³/mol. The molecule has 0 spiro atoms. The summed E-state index contributed by atoms with van der Waals surface area (Å²) in [6, 6.07) is 0.0298. The van der Waals surface area contributed by atoms with E-state index in [1.807, 2.05) is 9.80 Å². The first-order chi connectivity index (χ1) is 12.4. The molecule has 0 aromatic rings. The third-order valence-corrected chi connectivity index (χ3v) is 7.78. The minimum absolute atomic E-state index is 0.0651. The van der Waals surface area contributed by atoms with Crippen LogP contribution in [0.4, 0.5) is 0 Å². The summed E-state index contributed by atoms with van der Waals surface area (Å²) in [5, 5.41) is 0. The average Bonchev–Trinajstić information content (AvgIpc) is 2.96. The first kappa shape index (κ1) is 19.6. The molecule has 0 aromatic heterocycles. The molecule has 1 aliphatic carbocycles. The molecule has 0 radical (unpaired) electrons. The molecule has 3 rings (SSSR count). The van der Waals surface area contributed by atoms with Crippen LogP contribution in [0.25, 0.3) is 0 Å². The van der Waals surface area contributed by atoms with Crippen molar-refractivity contribution in [1.29, 1.82) is 0 Å². The number of carbonyl (C=O) groups is 2. The predicted octanol–water partition coefficient (Wildman–Crippen LogP) is 0.499. The minimum Gasteiger partial charge on any atom is -0.340 e.